The molecule has 0 bridgehead atoms. The van der Waals surface area contributed by atoms with Gasteiger partial charge in [-0.05, 0) is 49.7 Å². The number of nitrogens with zero attached hydrogens (tertiary/aromatic N) is 1. The summed E-state index contributed by atoms with van der Waals surface area (Å²) in [6.45, 7) is 4.01. The molecule has 1 atom stereocenters. The van der Waals surface area contributed by atoms with Gasteiger partial charge in [-0.3, -0.25) is 10.0 Å². The number of amides is 1. The molecule has 2 aromatic rings. The maximum absolute atomic E-state index is 11.7. The Morgan fingerprint density at radius 2 is 1.96 bits per heavy atom. The molecule has 138 valence electrons. The van der Waals surface area contributed by atoms with E-state index >= 15 is 0 Å². The van der Waals surface area contributed by atoms with Gasteiger partial charge in [0.15, 0.2) is 6.23 Å². The monoisotopic (exact) mass is 358 g/mol. The Labute approximate surface area is 151 Å². The van der Waals surface area contributed by atoms with Crippen LogP contribution in [0.4, 0.5) is 5.69 Å². The average Bonchev–Trinajstić information content (AvgIpc) is 2.64. The Balaban J connectivity index is 2.00. The molecule has 7 heteroatoms. The second-order valence-electron chi connectivity index (χ2n) is 6.68. The molecule has 3 rings (SSSR count). The summed E-state index contributed by atoms with van der Waals surface area (Å²) in [5.41, 5.74) is 2.59. The first-order valence-electron chi connectivity index (χ1n) is 8.21. The Kier molecular flexibility index (Phi) is 4.76. The SMILES string of the molecule is COc1ccc(CN2c3cc(C(=O)NO)ccc3OC(C)(C)C2O)cc1. The second-order valence-corrected chi connectivity index (χ2v) is 6.68. The summed E-state index contributed by atoms with van der Waals surface area (Å²) in [5, 5.41) is 19.7. The number of benzene rings is 2. The van der Waals surface area contributed by atoms with E-state index in [2.05, 4.69) is 0 Å². The van der Waals surface area contributed by atoms with Gasteiger partial charge in [-0.25, -0.2) is 5.48 Å². The highest BCUT2D eigenvalue weighted by atomic mass is 16.5. The lowest BCUT2D eigenvalue weighted by Crippen LogP contribution is -2.55. The van der Waals surface area contributed by atoms with Crippen molar-refractivity contribution in [1.82, 2.24) is 5.48 Å². The lowest BCUT2D eigenvalue weighted by molar-refractivity contribution is -0.0414. The molecular formula is C19H22N2O5. The van der Waals surface area contributed by atoms with Crippen LogP contribution in [0.2, 0.25) is 0 Å². The molecule has 26 heavy (non-hydrogen) atoms. The summed E-state index contributed by atoms with van der Waals surface area (Å²) in [6.07, 6.45) is -0.926. The molecule has 0 fully saturated rings. The molecule has 3 N–H and O–H groups in total. The predicted molar refractivity (Wildman–Crippen MR) is 95.6 cm³/mol. The molecule has 2 aromatic carbocycles. The zero-order valence-electron chi connectivity index (χ0n) is 14.9. The molecule has 1 aliphatic heterocycles. The zero-order chi connectivity index (χ0) is 18.9. The molecule has 0 radical (unpaired) electrons. The smallest absolute Gasteiger partial charge is 0.274 e. The van der Waals surface area contributed by atoms with E-state index in [1.54, 1.807) is 49.5 Å². The third-order valence-corrected chi connectivity index (χ3v) is 4.43. The molecule has 0 spiro atoms. The summed E-state index contributed by atoms with van der Waals surface area (Å²) >= 11 is 0. The van der Waals surface area contributed by atoms with Gasteiger partial charge in [-0.15, -0.1) is 0 Å². The van der Waals surface area contributed by atoms with Gasteiger partial charge in [0, 0.05) is 12.1 Å². The van der Waals surface area contributed by atoms with Crippen molar-refractivity contribution in [2.75, 3.05) is 12.0 Å². The molecule has 0 saturated carbocycles. The molecule has 1 heterocycles. The number of fused-ring (bicyclic) bond motifs is 1. The maximum Gasteiger partial charge on any atom is 0.274 e. The van der Waals surface area contributed by atoms with Crippen molar-refractivity contribution < 1.29 is 24.6 Å². The first-order valence-corrected chi connectivity index (χ1v) is 8.21. The third-order valence-electron chi connectivity index (χ3n) is 4.43. The largest absolute Gasteiger partial charge is 0.497 e. The topological polar surface area (TPSA) is 91.3 Å². The minimum atomic E-state index is -0.926. The molecule has 1 aliphatic rings. The fourth-order valence-corrected chi connectivity index (χ4v) is 2.98. The van der Waals surface area contributed by atoms with Crippen LogP contribution in [0.15, 0.2) is 42.5 Å². The quantitative estimate of drug-likeness (QED) is 0.574. The number of ether oxygens (including phenoxy) is 2. The van der Waals surface area contributed by atoms with Gasteiger partial charge in [0.1, 0.15) is 17.1 Å². The number of hydroxylamine groups is 1. The van der Waals surface area contributed by atoms with Gasteiger partial charge < -0.3 is 19.5 Å². The van der Waals surface area contributed by atoms with E-state index in [0.29, 0.717) is 18.0 Å². The lowest BCUT2D eigenvalue weighted by atomic mass is 10.00. The highest BCUT2D eigenvalue weighted by Crippen LogP contribution is 2.41. The van der Waals surface area contributed by atoms with Crippen molar-refractivity contribution in [3.63, 3.8) is 0 Å². The van der Waals surface area contributed by atoms with Crippen LogP contribution >= 0.6 is 0 Å². The van der Waals surface area contributed by atoms with E-state index in [-0.39, 0.29) is 5.56 Å². The summed E-state index contributed by atoms with van der Waals surface area (Å²) in [7, 11) is 1.60. The first kappa shape index (κ1) is 18.0. The fraction of sp³-hybridized carbons (Fsp3) is 0.316. The minimum Gasteiger partial charge on any atom is -0.497 e. The van der Waals surface area contributed by atoms with Crippen LogP contribution in [-0.2, 0) is 6.54 Å². The molecule has 1 amide bonds. The highest BCUT2D eigenvalue weighted by molar-refractivity contribution is 5.95. The molecule has 1 unspecified atom stereocenters. The zero-order valence-corrected chi connectivity index (χ0v) is 14.9. The standard InChI is InChI=1S/C19H22N2O5/c1-19(2)18(23)21(11-12-4-7-14(25-3)8-5-12)15-10-13(17(22)20-24)6-9-16(15)26-19/h4-10,18,23-24H,11H2,1-3H3,(H,20,22). The normalized spacial score (nSPS) is 17.9. The number of anilines is 1. The van der Waals surface area contributed by atoms with E-state index < -0.39 is 17.7 Å². The van der Waals surface area contributed by atoms with Crippen molar-refractivity contribution >= 4 is 11.6 Å². The van der Waals surface area contributed by atoms with Gasteiger partial charge >= 0.3 is 0 Å². The van der Waals surface area contributed by atoms with E-state index in [4.69, 9.17) is 14.7 Å². The third kappa shape index (κ3) is 3.31. The van der Waals surface area contributed by atoms with Crippen LogP contribution in [0.25, 0.3) is 0 Å². The van der Waals surface area contributed by atoms with Crippen molar-refractivity contribution in [2.24, 2.45) is 0 Å². The van der Waals surface area contributed by atoms with Crippen LogP contribution in [0.5, 0.6) is 11.5 Å². The summed E-state index contributed by atoms with van der Waals surface area (Å²) in [4.78, 5) is 13.5. The van der Waals surface area contributed by atoms with Gasteiger partial charge in [0.2, 0.25) is 0 Å². The van der Waals surface area contributed by atoms with E-state index in [0.717, 1.165) is 11.3 Å². The van der Waals surface area contributed by atoms with Gasteiger partial charge in [0.05, 0.1) is 12.8 Å². The van der Waals surface area contributed by atoms with Gasteiger partial charge in [-0.2, -0.15) is 0 Å². The molecule has 0 aromatic heterocycles. The van der Waals surface area contributed by atoms with Crippen LogP contribution in [0.3, 0.4) is 0 Å². The number of carbonyl (C=O) groups is 1. The average molecular weight is 358 g/mol. The van der Waals surface area contributed by atoms with E-state index in [1.807, 2.05) is 24.3 Å². The number of rotatable bonds is 4. The first-order chi connectivity index (χ1) is 12.4. The van der Waals surface area contributed by atoms with Crippen molar-refractivity contribution in [3.8, 4) is 11.5 Å². The van der Waals surface area contributed by atoms with Gasteiger partial charge in [0.25, 0.3) is 5.91 Å². The van der Waals surface area contributed by atoms with Crippen molar-refractivity contribution in [2.45, 2.75) is 32.2 Å². The Bertz CT molecular complexity index is 804. The minimum absolute atomic E-state index is 0.265. The van der Waals surface area contributed by atoms with Crippen LogP contribution in [0.1, 0.15) is 29.8 Å². The van der Waals surface area contributed by atoms with Gasteiger partial charge in [-0.1, -0.05) is 12.1 Å². The van der Waals surface area contributed by atoms with E-state index in [1.165, 1.54) is 0 Å². The summed E-state index contributed by atoms with van der Waals surface area (Å²) in [5.74, 6) is 0.679. The number of hydrogen-bond donors (Lipinski definition) is 3. The fourth-order valence-electron chi connectivity index (χ4n) is 2.98. The maximum atomic E-state index is 11.7. The molecule has 0 aliphatic carbocycles. The number of aliphatic hydroxyl groups is 1. The Morgan fingerprint density at radius 3 is 2.58 bits per heavy atom. The second kappa shape index (κ2) is 6.86. The Hall–Kier alpha value is -2.77. The molecule has 7 nitrogen and oxygen atoms in total. The number of methoxy groups -OCH3 is 1. The van der Waals surface area contributed by atoms with Crippen LogP contribution in [0, 0.1) is 0 Å². The number of carbonyl (C=O) groups excluding carboxylic acids is 1. The van der Waals surface area contributed by atoms with Crippen LogP contribution in [-0.4, -0.2) is 35.2 Å². The van der Waals surface area contributed by atoms with Crippen molar-refractivity contribution in [1.29, 1.82) is 0 Å². The Morgan fingerprint density at radius 1 is 1.27 bits per heavy atom. The van der Waals surface area contributed by atoms with E-state index in [9.17, 15) is 9.90 Å². The molecular weight excluding hydrogens is 336 g/mol. The number of nitrogens with one attached hydrogen (secondary N) is 1. The lowest BCUT2D eigenvalue weighted by Gasteiger charge is -2.45. The van der Waals surface area contributed by atoms with Crippen molar-refractivity contribution in [3.05, 3.63) is 53.6 Å². The van der Waals surface area contributed by atoms with Crippen LogP contribution < -0.4 is 19.9 Å². The number of hydrogen-bond acceptors (Lipinski definition) is 6. The highest BCUT2D eigenvalue weighted by Gasteiger charge is 2.41. The predicted octanol–water partition coefficient (Wildman–Crippen LogP) is 2.31. The summed E-state index contributed by atoms with van der Waals surface area (Å²) < 4.78 is 11.1. The summed E-state index contributed by atoms with van der Waals surface area (Å²) in [6, 6.07) is 12.3. The molecule has 0 saturated heterocycles. The number of aliphatic hydroxyl groups excluding tert-OH is 1.